The van der Waals surface area contributed by atoms with Gasteiger partial charge in [-0.25, -0.2) is 0 Å². The maximum absolute atomic E-state index is 11.9. The molecular weight excluding hydrogens is 342 g/mol. The summed E-state index contributed by atoms with van der Waals surface area (Å²) in [7, 11) is 2.99. The first kappa shape index (κ1) is 18.8. The lowest BCUT2D eigenvalue weighted by Crippen LogP contribution is -2.48. The van der Waals surface area contributed by atoms with E-state index in [2.05, 4.69) is 10.7 Å². The zero-order chi connectivity index (χ0) is 18.9. The second-order valence-corrected chi connectivity index (χ2v) is 5.12. The van der Waals surface area contributed by atoms with Crippen LogP contribution in [0, 0.1) is 0 Å². The zero-order valence-electron chi connectivity index (χ0n) is 14.3. The van der Waals surface area contributed by atoms with Crippen molar-refractivity contribution in [1.29, 1.82) is 0 Å². The third kappa shape index (κ3) is 5.26. The van der Waals surface area contributed by atoms with Crippen molar-refractivity contribution in [2.75, 3.05) is 14.2 Å². The number of nitrogens with one attached hydrogen (secondary N) is 3. The van der Waals surface area contributed by atoms with E-state index in [1.54, 1.807) is 30.3 Å². The fraction of sp³-hybridized carbons (Fsp3) is 0.235. The van der Waals surface area contributed by atoms with Gasteiger partial charge in [0.1, 0.15) is 17.3 Å². The van der Waals surface area contributed by atoms with Crippen LogP contribution in [0.15, 0.2) is 41.0 Å². The molecule has 26 heavy (non-hydrogen) atoms. The molecule has 0 aliphatic heterocycles. The van der Waals surface area contributed by atoms with E-state index in [-0.39, 0.29) is 13.0 Å². The van der Waals surface area contributed by atoms with E-state index in [1.165, 1.54) is 20.5 Å². The molecule has 2 rings (SSSR count). The molecule has 0 radical (unpaired) electrons. The van der Waals surface area contributed by atoms with Crippen LogP contribution < -0.4 is 25.6 Å². The van der Waals surface area contributed by atoms with E-state index in [0.717, 1.165) is 0 Å². The summed E-state index contributed by atoms with van der Waals surface area (Å²) in [5.74, 6) is -0.840. The van der Waals surface area contributed by atoms with Crippen LogP contribution in [0.3, 0.4) is 0 Å². The first-order chi connectivity index (χ1) is 12.5. The number of benzene rings is 1. The average Bonchev–Trinajstić information content (AvgIpc) is 3.18. The van der Waals surface area contributed by atoms with Gasteiger partial charge in [-0.2, -0.15) is 0 Å². The van der Waals surface area contributed by atoms with Crippen LogP contribution >= 0.6 is 0 Å². The average molecular weight is 361 g/mol. The highest BCUT2D eigenvalue weighted by molar-refractivity contribution is 6.35. The molecule has 0 bridgehead atoms. The quantitative estimate of drug-likeness (QED) is 0.503. The second-order valence-electron chi connectivity index (χ2n) is 5.12. The number of ether oxygens (including phenoxy) is 2. The Morgan fingerprint density at radius 1 is 1.04 bits per heavy atom. The normalized spacial score (nSPS) is 9.92. The summed E-state index contributed by atoms with van der Waals surface area (Å²) in [6.07, 6.45) is 1.40. The number of furan rings is 1. The third-order valence-corrected chi connectivity index (χ3v) is 3.37. The fourth-order valence-electron chi connectivity index (χ4n) is 2.06. The number of hydrogen-bond donors (Lipinski definition) is 3. The van der Waals surface area contributed by atoms with Crippen molar-refractivity contribution in [3.8, 4) is 11.5 Å². The molecule has 0 aliphatic rings. The van der Waals surface area contributed by atoms with Crippen LogP contribution in [-0.2, 0) is 27.3 Å². The van der Waals surface area contributed by atoms with Crippen LogP contribution in [0.1, 0.15) is 11.3 Å². The molecule has 0 saturated carbocycles. The molecule has 0 unspecified atom stereocenters. The molecule has 1 aromatic carbocycles. The van der Waals surface area contributed by atoms with Gasteiger partial charge in [0.05, 0.1) is 33.4 Å². The lowest BCUT2D eigenvalue weighted by molar-refractivity contribution is -0.141. The molecule has 1 heterocycles. The van der Waals surface area contributed by atoms with Gasteiger partial charge in [0.2, 0.25) is 5.91 Å². The van der Waals surface area contributed by atoms with Gasteiger partial charge in [0.25, 0.3) is 0 Å². The summed E-state index contributed by atoms with van der Waals surface area (Å²) in [6.45, 7) is 0.0657. The number of hydrogen-bond acceptors (Lipinski definition) is 6. The lowest BCUT2D eigenvalue weighted by Gasteiger charge is -2.11. The Hall–Kier alpha value is -3.49. The van der Waals surface area contributed by atoms with Crippen molar-refractivity contribution in [2.24, 2.45) is 0 Å². The Morgan fingerprint density at radius 3 is 2.50 bits per heavy atom. The van der Waals surface area contributed by atoms with E-state index in [0.29, 0.717) is 22.8 Å². The summed E-state index contributed by atoms with van der Waals surface area (Å²) < 4.78 is 15.3. The van der Waals surface area contributed by atoms with E-state index in [9.17, 15) is 14.4 Å². The summed E-state index contributed by atoms with van der Waals surface area (Å²) in [4.78, 5) is 35.2. The summed E-state index contributed by atoms with van der Waals surface area (Å²) in [5, 5.41) is 2.36. The van der Waals surface area contributed by atoms with Gasteiger partial charge in [0.15, 0.2) is 0 Å². The number of hydrazine groups is 1. The Morgan fingerprint density at radius 2 is 1.85 bits per heavy atom. The predicted octanol–water partition coefficient (Wildman–Crippen LogP) is 0.303. The minimum Gasteiger partial charge on any atom is -0.497 e. The van der Waals surface area contributed by atoms with Crippen molar-refractivity contribution < 1.29 is 28.3 Å². The summed E-state index contributed by atoms with van der Waals surface area (Å²) in [5.41, 5.74) is 4.82. The minimum absolute atomic E-state index is 0.0541. The van der Waals surface area contributed by atoms with Gasteiger partial charge < -0.3 is 19.2 Å². The van der Waals surface area contributed by atoms with Gasteiger partial charge in [-0.05, 0) is 18.2 Å². The van der Waals surface area contributed by atoms with Crippen LogP contribution in [0.25, 0.3) is 0 Å². The van der Waals surface area contributed by atoms with Crippen LogP contribution in [0.4, 0.5) is 0 Å². The number of methoxy groups -OCH3 is 2. The van der Waals surface area contributed by atoms with Crippen molar-refractivity contribution >= 4 is 17.7 Å². The standard InChI is InChI=1S/C17H19N3O6/c1-24-12-6-5-11(14(9-12)25-2)8-15(21)19-20-17(23)16(22)18-10-13-4-3-7-26-13/h3-7,9H,8,10H2,1-2H3,(H,18,22)(H,19,21)(H,20,23). The molecule has 9 heteroatoms. The smallest absolute Gasteiger partial charge is 0.327 e. The maximum atomic E-state index is 11.9. The van der Waals surface area contributed by atoms with Gasteiger partial charge in [-0.15, -0.1) is 0 Å². The molecule has 3 N–H and O–H groups in total. The molecule has 138 valence electrons. The highest BCUT2D eigenvalue weighted by atomic mass is 16.5. The minimum atomic E-state index is -0.994. The van der Waals surface area contributed by atoms with Crippen molar-refractivity contribution in [3.63, 3.8) is 0 Å². The van der Waals surface area contributed by atoms with Gasteiger partial charge in [0, 0.05) is 11.6 Å². The van der Waals surface area contributed by atoms with Crippen molar-refractivity contribution in [3.05, 3.63) is 47.9 Å². The van der Waals surface area contributed by atoms with Crippen LogP contribution in [0.5, 0.6) is 11.5 Å². The summed E-state index contributed by atoms with van der Waals surface area (Å²) in [6, 6.07) is 8.32. The molecule has 0 saturated heterocycles. The first-order valence-corrected chi connectivity index (χ1v) is 7.63. The highest BCUT2D eigenvalue weighted by Gasteiger charge is 2.15. The number of carbonyl (C=O) groups is 3. The Bertz CT molecular complexity index is 773. The first-order valence-electron chi connectivity index (χ1n) is 7.63. The van der Waals surface area contributed by atoms with Gasteiger partial charge >= 0.3 is 11.8 Å². The third-order valence-electron chi connectivity index (χ3n) is 3.37. The van der Waals surface area contributed by atoms with E-state index in [1.807, 2.05) is 5.43 Å². The molecule has 9 nitrogen and oxygen atoms in total. The highest BCUT2D eigenvalue weighted by Crippen LogP contribution is 2.24. The number of carbonyl (C=O) groups excluding carboxylic acids is 3. The Kier molecular flexibility index (Phi) is 6.60. The molecular formula is C17H19N3O6. The largest absolute Gasteiger partial charge is 0.497 e. The number of rotatable bonds is 6. The molecule has 0 atom stereocenters. The van der Waals surface area contributed by atoms with E-state index < -0.39 is 17.7 Å². The molecule has 0 aliphatic carbocycles. The lowest BCUT2D eigenvalue weighted by atomic mass is 10.1. The zero-order valence-corrected chi connectivity index (χ0v) is 14.3. The van der Waals surface area contributed by atoms with Gasteiger partial charge in [-0.1, -0.05) is 6.07 Å². The second kappa shape index (κ2) is 9.11. The molecule has 3 amide bonds. The maximum Gasteiger partial charge on any atom is 0.327 e. The van der Waals surface area contributed by atoms with Gasteiger partial charge in [-0.3, -0.25) is 25.2 Å². The van der Waals surface area contributed by atoms with Crippen molar-refractivity contribution in [2.45, 2.75) is 13.0 Å². The molecule has 1 aromatic heterocycles. The fourth-order valence-corrected chi connectivity index (χ4v) is 2.06. The molecule has 0 fully saturated rings. The topological polar surface area (TPSA) is 119 Å². The van der Waals surface area contributed by atoms with E-state index >= 15 is 0 Å². The summed E-state index contributed by atoms with van der Waals surface area (Å²) >= 11 is 0. The SMILES string of the molecule is COc1ccc(CC(=O)NNC(=O)C(=O)NCc2ccco2)c(OC)c1. The number of amides is 3. The molecule has 0 spiro atoms. The van der Waals surface area contributed by atoms with E-state index in [4.69, 9.17) is 13.9 Å². The predicted molar refractivity (Wildman–Crippen MR) is 90.1 cm³/mol. The Labute approximate surface area is 149 Å². The monoisotopic (exact) mass is 361 g/mol. The van der Waals surface area contributed by atoms with Crippen molar-refractivity contribution in [1.82, 2.24) is 16.2 Å². The van der Waals surface area contributed by atoms with Crippen LogP contribution in [-0.4, -0.2) is 31.9 Å². The Balaban J connectivity index is 1.80. The van der Waals surface area contributed by atoms with Crippen LogP contribution in [0.2, 0.25) is 0 Å². The molecule has 2 aromatic rings.